The molecule has 0 saturated carbocycles. The minimum Gasteiger partial charge on any atom is -0.338 e. The van der Waals surface area contributed by atoms with Gasteiger partial charge in [-0.15, -0.1) is 0 Å². The van der Waals surface area contributed by atoms with Crippen LogP contribution in [0.15, 0.2) is 53.7 Å². The van der Waals surface area contributed by atoms with Crippen molar-refractivity contribution in [2.45, 2.75) is 17.9 Å². The fourth-order valence-electron chi connectivity index (χ4n) is 1.97. The number of hydrogen-bond acceptors (Lipinski definition) is 5. The maximum Gasteiger partial charge on any atom is 0.261 e. The van der Waals surface area contributed by atoms with Crippen LogP contribution in [0.3, 0.4) is 0 Å². The van der Waals surface area contributed by atoms with Gasteiger partial charge < -0.3 is 10.6 Å². The average Bonchev–Trinajstić information content (AvgIpc) is 2.60. The van der Waals surface area contributed by atoms with Crippen molar-refractivity contribution >= 4 is 21.6 Å². The van der Waals surface area contributed by atoms with Crippen LogP contribution in [0.1, 0.15) is 17.3 Å². The Morgan fingerprint density at radius 1 is 1.21 bits per heavy atom. The summed E-state index contributed by atoms with van der Waals surface area (Å²) >= 11 is 0. The third-order valence-corrected chi connectivity index (χ3v) is 5.06. The highest BCUT2D eigenvalue weighted by atomic mass is 32.2. The summed E-state index contributed by atoms with van der Waals surface area (Å²) in [6, 6.07) is 8.79. The van der Waals surface area contributed by atoms with E-state index in [1.165, 1.54) is 41.6 Å². The summed E-state index contributed by atoms with van der Waals surface area (Å²) in [6.07, 6.45) is 2.99. The third kappa shape index (κ3) is 4.09. The summed E-state index contributed by atoms with van der Waals surface area (Å²) in [4.78, 5) is 17.7. The van der Waals surface area contributed by atoms with Gasteiger partial charge >= 0.3 is 0 Å². The number of nitrogens with two attached hydrogens (primary N) is 1. The van der Waals surface area contributed by atoms with Crippen molar-refractivity contribution in [1.29, 1.82) is 0 Å². The Morgan fingerprint density at radius 2 is 1.79 bits per heavy atom. The Hall–Kier alpha value is -2.45. The molecule has 1 amide bonds. The number of pyridine rings is 1. The van der Waals surface area contributed by atoms with Gasteiger partial charge in [-0.25, -0.2) is 8.42 Å². The van der Waals surface area contributed by atoms with E-state index in [9.17, 15) is 13.2 Å². The fourth-order valence-corrected chi connectivity index (χ4v) is 3.03. The van der Waals surface area contributed by atoms with Crippen LogP contribution in [-0.4, -0.2) is 43.8 Å². The molecule has 8 heteroatoms. The molecule has 7 nitrogen and oxygen atoms in total. The summed E-state index contributed by atoms with van der Waals surface area (Å²) in [5.41, 5.74) is 6.38. The summed E-state index contributed by atoms with van der Waals surface area (Å²) in [5, 5.41) is 0. The van der Waals surface area contributed by atoms with Gasteiger partial charge in [0, 0.05) is 37.6 Å². The summed E-state index contributed by atoms with van der Waals surface area (Å²) in [6.45, 7) is 2.19. The largest absolute Gasteiger partial charge is 0.338 e. The summed E-state index contributed by atoms with van der Waals surface area (Å²) < 4.78 is 27.1. The molecular formula is C16H20N4O3S. The highest BCUT2D eigenvalue weighted by molar-refractivity contribution is 7.92. The first-order valence-corrected chi connectivity index (χ1v) is 8.83. The summed E-state index contributed by atoms with van der Waals surface area (Å²) in [5.74, 6) is -0.209. The van der Waals surface area contributed by atoms with E-state index in [2.05, 4.69) is 9.71 Å². The molecule has 0 aliphatic rings. The molecule has 0 saturated heterocycles. The second-order valence-electron chi connectivity index (χ2n) is 5.37. The number of carbonyl (C=O) groups is 1. The minimum atomic E-state index is -3.72. The lowest BCUT2D eigenvalue weighted by molar-refractivity contribution is 0.0748. The van der Waals surface area contributed by atoms with E-state index in [1.807, 2.05) is 6.92 Å². The highest BCUT2D eigenvalue weighted by Crippen LogP contribution is 2.16. The number of anilines is 1. The molecule has 0 fully saturated rings. The average molecular weight is 348 g/mol. The Balaban J connectivity index is 2.18. The van der Waals surface area contributed by atoms with Crippen molar-refractivity contribution in [1.82, 2.24) is 9.88 Å². The van der Waals surface area contributed by atoms with Crippen LogP contribution in [0.5, 0.6) is 0 Å². The van der Waals surface area contributed by atoms with Gasteiger partial charge in [-0.05, 0) is 43.3 Å². The van der Waals surface area contributed by atoms with Gasteiger partial charge in [0.2, 0.25) is 0 Å². The molecule has 0 aliphatic carbocycles. The van der Waals surface area contributed by atoms with E-state index in [1.54, 1.807) is 19.2 Å². The SMILES string of the molecule is CC(CN)N(C)C(=O)c1ccc(S(=O)(=O)Nc2ccncc2)cc1. The molecule has 3 N–H and O–H groups in total. The summed E-state index contributed by atoms with van der Waals surface area (Å²) in [7, 11) is -2.06. The minimum absolute atomic E-state index is 0.0744. The van der Waals surface area contributed by atoms with E-state index in [-0.39, 0.29) is 16.8 Å². The number of hydrogen-bond donors (Lipinski definition) is 2. The van der Waals surface area contributed by atoms with Crippen LogP contribution in [0.4, 0.5) is 5.69 Å². The monoisotopic (exact) mass is 348 g/mol. The van der Waals surface area contributed by atoms with Crippen molar-refractivity contribution in [3.05, 3.63) is 54.4 Å². The van der Waals surface area contributed by atoms with Crippen molar-refractivity contribution in [2.24, 2.45) is 5.73 Å². The van der Waals surface area contributed by atoms with E-state index in [0.717, 1.165) is 0 Å². The van der Waals surface area contributed by atoms with Crippen LogP contribution >= 0.6 is 0 Å². The Labute approximate surface area is 141 Å². The number of benzene rings is 1. The second kappa shape index (κ2) is 7.41. The molecular weight excluding hydrogens is 328 g/mol. The van der Waals surface area contributed by atoms with Crippen molar-refractivity contribution in [3.8, 4) is 0 Å². The molecule has 0 bridgehead atoms. The quantitative estimate of drug-likeness (QED) is 0.818. The van der Waals surface area contributed by atoms with Crippen LogP contribution in [0, 0.1) is 0 Å². The first-order chi connectivity index (χ1) is 11.3. The molecule has 1 aromatic carbocycles. The zero-order valence-electron chi connectivity index (χ0n) is 13.5. The molecule has 128 valence electrons. The lowest BCUT2D eigenvalue weighted by atomic mass is 10.2. The molecule has 0 radical (unpaired) electrons. The molecule has 1 aromatic heterocycles. The van der Waals surface area contributed by atoms with Crippen LogP contribution in [0.25, 0.3) is 0 Å². The lowest BCUT2D eigenvalue weighted by Gasteiger charge is -2.23. The zero-order chi connectivity index (χ0) is 17.7. The van der Waals surface area contributed by atoms with Crippen molar-refractivity contribution in [2.75, 3.05) is 18.3 Å². The van der Waals surface area contributed by atoms with E-state index < -0.39 is 10.0 Å². The number of carbonyl (C=O) groups excluding carboxylic acids is 1. The first kappa shape index (κ1) is 17.9. The van der Waals surface area contributed by atoms with Gasteiger partial charge in [-0.2, -0.15) is 0 Å². The number of amides is 1. The maximum absolute atomic E-state index is 12.3. The predicted octanol–water partition coefficient (Wildman–Crippen LogP) is 1.30. The van der Waals surface area contributed by atoms with Gasteiger partial charge in [0.1, 0.15) is 0 Å². The number of nitrogens with one attached hydrogen (secondary N) is 1. The zero-order valence-corrected chi connectivity index (χ0v) is 14.3. The van der Waals surface area contributed by atoms with Gasteiger partial charge in [0.25, 0.3) is 15.9 Å². The van der Waals surface area contributed by atoms with Gasteiger partial charge in [0.15, 0.2) is 0 Å². The van der Waals surface area contributed by atoms with E-state index in [0.29, 0.717) is 17.8 Å². The van der Waals surface area contributed by atoms with Crippen LogP contribution in [-0.2, 0) is 10.0 Å². The van der Waals surface area contributed by atoms with Crippen LogP contribution in [0.2, 0.25) is 0 Å². The third-order valence-electron chi connectivity index (χ3n) is 3.67. The van der Waals surface area contributed by atoms with Crippen molar-refractivity contribution < 1.29 is 13.2 Å². The normalized spacial score (nSPS) is 12.5. The van der Waals surface area contributed by atoms with Gasteiger partial charge in [0.05, 0.1) is 10.6 Å². The smallest absolute Gasteiger partial charge is 0.261 e. The molecule has 1 atom stereocenters. The first-order valence-electron chi connectivity index (χ1n) is 7.35. The number of rotatable bonds is 6. The maximum atomic E-state index is 12.3. The van der Waals surface area contributed by atoms with Gasteiger partial charge in [-0.3, -0.25) is 14.5 Å². The second-order valence-corrected chi connectivity index (χ2v) is 7.05. The number of aromatic nitrogens is 1. The Bertz CT molecular complexity index is 792. The Morgan fingerprint density at radius 3 is 2.33 bits per heavy atom. The molecule has 24 heavy (non-hydrogen) atoms. The lowest BCUT2D eigenvalue weighted by Crippen LogP contribution is -2.39. The molecule has 0 aliphatic heterocycles. The number of sulfonamides is 1. The molecule has 1 unspecified atom stereocenters. The van der Waals surface area contributed by atoms with Crippen LogP contribution < -0.4 is 10.5 Å². The van der Waals surface area contributed by atoms with Gasteiger partial charge in [-0.1, -0.05) is 0 Å². The van der Waals surface area contributed by atoms with E-state index >= 15 is 0 Å². The fraction of sp³-hybridized carbons (Fsp3) is 0.250. The molecule has 2 aromatic rings. The topological polar surface area (TPSA) is 105 Å². The standard InChI is InChI=1S/C16H20N4O3S/c1-12(11-17)20(2)16(21)13-3-5-15(6-4-13)24(22,23)19-14-7-9-18-10-8-14/h3-10,12H,11,17H2,1-2H3,(H,18,19). The molecule has 2 rings (SSSR count). The number of nitrogens with zero attached hydrogens (tertiary/aromatic N) is 2. The van der Waals surface area contributed by atoms with Crippen molar-refractivity contribution in [3.63, 3.8) is 0 Å². The molecule has 0 spiro atoms. The number of likely N-dealkylation sites (N-methyl/N-ethyl adjacent to an activating group) is 1. The highest BCUT2D eigenvalue weighted by Gasteiger charge is 2.18. The Kier molecular flexibility index (Phi) is 5.53. The van der Waals surface area contributed by atoms with E-state index in [4.69, 9.17) is 5.73 Å². The predicted molar refractivity (Wildman–Crippen MR) is 92.1 cm³/mol. The molecule has 1 heterocycles.